The second-order valence-corrected chi connectivity index (χ2v) is 3.08. The van der Waals surface area contributed by atoms with Crippen LogP contribution >= 0.6 is 15.9 Å². The van der Waals surface area contributed by atoms with E-state index < -0.39 is 12.8 Å². The summed E-state index contributed by atoms with van der Waals surface area (Å²) in [4.78, 5) is 0. The quantitative estimate of drug-likeness (QED) is 0.706. The summed E-state index contributed by atoms with van der Waals surface area (Å²) in [5.41, 5.74) is 0. The molecule has 60 valence electrons. The molecule has 0 rings (SSSR count). The molecule has 10 heavy (non-hydrogen) atoms. The highest BCUT2D eigenvalue weighted by atomic mass is 79.9. The third kappa shape index (κ3) is 6.19. The molecule has 0 amide bonds. The molecule has 0 heterocycles. The molecule has 0 aromatic carbocycles. The number of nitrogens with one attached hydrogen (secondary N) is 1. The van der Waals surface area contributed by atoms with E-state index in [0.717, 1.165) is 4.48 Å². The lowest BCUT2D eigenvalue weighted by molar-refractivity contribution is 0.139. The number of aliphatic hydroxyl groups is 1. The van der Waals surface area contributed by atoms with Gasteiger partial charge >= 0.3 is 0 Å². The van der Waals surface area contributed by atoms with E-state index in [-0.39, 0.29) is 6.54 Å². The normalized spacial score (nSPS) is 13.1. The molecule has 0 aromatic heterocycles. The van der Waals surface area contributed by atoms with Crippen molar-refractivity contribution in [2.24, 2.45) is 0 Å². The minimum absolute atomic E-state index is 0.265. The standard InChI is InChI=1S/C6H11BrFNO/c1-5(7)3-9-4-6(10)2-8/h6,9-10H,1-4H2. The van der Waals surface area contributed by atoms with Gasteiger partial charge in [-0.2, -0.15) is 0 Å². The summed E-state index contributed by atoms with van der Waals surface area (Å²) in [5.74, 6) is 0. The van der Waals surface area contributed by atoms with Crippen molar-refractivity contribution in [3.63, 3.8) is 0 Å². The summed E-state index contributed by atoms with van der Waals surface area (Å²) < 4.78 is 12.4. The lowest BCUT2D eigenvalue weighted by Crippen LogP contribution is -2.28. The van der Waals surface area contributed by atoms with Crippen LogP contribution in [0.5, 0.6) is 0 Å². The maximum atomic E-state index is 11.6. The van der Waals surface area contributed by atoms with E-state index in [4.69, 9.17) is 5.11 Å². The molecule has 1 atom stereocenters. The Morgan fingerprint density at radius 2 is 2.40 bits per heavy atom. The van der Waals surface area contributed by atoms with Crippen molar-refractivity contribution < 1.29 is 9.50 Å². The zero-order chi connectivity index (χ0) is 7.98. The van der Waals surface area contributed by atoms with Gasteiger partial charge in [0, 0.05) is 17.6 Å². The lowest BCUT2D eigenvalue weighted by Gasteiger charge is -2.06. The monoisotopic (exact) mass is 211 g/mol. The van der Waals surface area contributed by atoms with E-state index in [2.05, 4.69) is 27.8 Å². The Bertz CT molecular complexity index is 110. The minimum Gasteiger partial charge on any atom is -0.389 e. The first-order chi connectivity index (χ1) is 4.66. The first-order valence-electron chi connectivity index (χ1n) is 2.95. The van der Waals surface area contributed by atoms with Crippen LogP contribution in [0.3, 0.4) is 0 Å². The number of hydrogen-bond acceptors (Lipinski definition) is 2. The van der Waals surface area contributed by atoms with Crippen molar-refractivity contribution in [2.45, 2.75) is 6.10 Å². The Hall–Kier alpha value is 0.0700. The number of rotatable bonds is 5. The highest BCUT2D eigenvalue weighted by Gasteiger charge is 2.00. The zero-order valence-electron chi connectivity index (χ0n) is 5.61. The zero-order valence-corrected chi connectivity index (χ0v) is 7.19. The van der Waals surface area contributed by atoms with Crippen molar-refractivity contribution in [1.82, 2.24) is 5.32 Å². The van der Waals surface area contributed by atoms with Crippen LogP contribution in [0.15, 0.2) is 11.1 Å². The molecule has 0 aliphatic heterocycles. The van der Waals surface area contributed by atoms with E-state index in [1.54, 1.807) is 0 Å². The molecule has 0 aromatic rings. The van der Waals surface area contributed by atoms with Crippen LogP contribution in [0.4, 0.5) is 4.39 Å². The summed E-state index contributed by atoms with van der Waals surface area (Å²) in [7, 11) is 0. The fourth-order valence-electron chi connectivity index (χ4n) is 0.429. The molecular weight excluding hydrogens is 201 g/mol. The summed E-state index contributed by atoms with van der Waals surface area (Å²) in [6.45, 7) is 3.67. The van der Waals surface area contributed by atoms with Crippen LogP contribution in [0.1, 0.15) is 0 Å². The van der Waals surface area contributed by atoms with Gasteiger partial charge in [0.05, 0.1) is 6.10 Å². The van der Waals surface area contributed by atoms with Gasteiger partial charge in [-0.05, 0) is 0 Å². The van der Waals surface area contributed by atoms with Gasteiger partial charge in [-0.25, -0.2) is 4.39 Å². The van der Waals surface area contributed by atoms with E-state index in [1.165, 1.54) is 0 Å². The fourth-order valence-corrected chi connectivity index (χ4v) is 0.627. The molecule has 4 heteroatoms. The van der Waals surface area contributed by atoms with E-state index >= 15 is 0 Å². The molecule has 0 fully saturated rings. The number of hydrogen-bond donors (Lipinski definition) is 2. The average Bonchev–Trinajstić information content (AvgIpc) is 1.87. The van der Waals surface area contributed by atoms with Crippen LogP contribution < -0.4 is 5.32 Å². The fraction of sp³-hybridized carbons (Fsp3) is 0.667. The Kier molecular flexibility index (Phi) is 5.87. The predicted molar refractivity (Wildman–Crippen MR) is 42.9 cm³/mol. The van der Waals surface area contributed by atoms with Crippen molar-refractivity contribution in [2.75, 3.05) is 19.8 Å². The molecule has 0 spiro atoms. The van der Waals surface area contributed by atoms with Gasteiger partial charge in [0.15, 0.2) is 0 Å². The van der Waals surface area contributed by atoms with Crippen molar-refractivity contribution in [3.8, 4) is 0 Å². The average molecular weight is 212 g/mol. The largest absolute Gasteiger partial charge is 0.389 e. The summed E-state index contributed by atoms with van der Waals surface area (Å²) in [6, 6.07) is 0. The van der Waals surface area contributed by atoms with Crippen LogP contribution in [0, 0.1) is 0 Å². The molecule has 2 nitrogen and oxygen atoms in total. The summed E-state index contributed by atoms with van der Waals surface area (Å²) in [5, 5.41) is 11.5. The third-order valence-corrected chi connectivity index (χ3v) is 1.16. The SMILES string of the molecule is C=C(Br)CNCC(O)CF. The van der Waals surface area contributed by atoms with Gasteiger partial charge in [-0.15, -0.1) is 0 Å². The molecule has 0 bridgehead atoms. The van der Waals surface area contributed by atoms with Gasteiger partial charge in [0.25, 0.3) is 0 Å². The highest BCUT2D eigenvalue weighted by molar-refractivity contribution is 9.11. The molecule has 2 N–H and O–H groups in total. The second-order valence-electron chi connectivity index (χ2n) is 1.96. The third-order valence-electron chi connectivity index (χ3n) is 0.875. The van der Waals surface area contributed by atoms with Gasteiger partial charge in [-0.3, -0.25) is 0 Å². The van der Waals surface area contributed by atoms with E-state index in [1.807, 2.05) is 0 Å². The maximum Gasteiger partial charge on any atom is 0.117 e. The second kappa shape index (κ2) is 5.82. The van der Waals surface area contributed by atoms with E-state index in [0.29, 0.717) is 6.54 Å². The van der Waals surface area contributed by atoms with E-state index in [9.17, 15) is 4.39 Å². The van der Waals surface area contributed by atoms with Crippen LogP contribution in [-0.2, 0) is 0 Å². The van der Waals surface area contributed by atoms with Crippen molar-refractivity contribution >= 4 is 15.9 Å². The first kappa shape index (κ1) is 10.1. The summed E-state index contributed by atoms with van der Waals surface area (Å²) in [6.07, 6.45) is -0.896. The minimum atomic E-state index is -0.896. The van der Waals surface area contributed by atoms with Gasteiger partial charge in [-0.1, -0.05) is 22.5 Å². The predicted octanol–water partition coefficient (Wildman–Crippen LogP) is 0.815. The topological polar surface area (TPSA) is 32.3 Å². The molecule has 0 radical (unpaired) electrons. The molecule has 0 aliphatic rings. The Morgan fingerprint density at radius 3 is 2.80 bits per heavy atom. The van der Waals surface area contributed by atoms with Gasteiger partial charge in [0.1, 0.15) is 6.67 Å². The Balaban J connectivity index is 3.11. The Labute approximate surface area is 68.3 Å². The van der Waals surface area contributed by atoms with Crippen LogP contribution in [0.2, 0.25) is 0 Å². The van der Waals surface area contributed by atoms with Crippen LogP contribution in [0.25, 0.3) is 0 Å². The molecular formula is C6H11BrFNO. The maximum absolute atomic E-state index is 11.6. The molecule has 0 aliphatic carbocycles. The number of halogens is 2. The summed E-state index contributed by atoms with van der Waals surface area (Å²) >= 11 is 3.11. The van der Waals surface area contributed by atoms with Gasteiger partial charge < -0.3 is 10.4 Å². The first-order valence-corrected chi connectivity index (χ1v) is 3.74. The molecule has 1 unspecified atom stereocenters. The number of aliphatic hydroxyl groups excluding tert-OH is 1. The highest BCUT2D eigenvalue weighted by Crippen LogP contribution is 1.96. The lowest BCUT2D eigenvalue weighted by atomic mass is 10.4. The Morgan fingerprint density at radius 1 is 1.80 bits per heavy atom. The van der Waals surface area contributed by atoms with Crippen molar-refractivity contribution in [3.05, 3.63) is 11.1 Å². The molecule has 0 saturated heterocycles. The van der Waals surface area contributed by atoms with Crippen molar-refractivity contribution in [1.29, 1.82) is 0 Å². The smallest absolute Gasteiger partial charge is 0.117 e. The number of alkyl halides is 1. The van der Waals surface area contributed by atoms with Gasteiger partial charge in [0.2, 0.25) is 0 Å². The van der Waals surface area contributed by atoms with Crippen LogP contribution in [-0.4, -0.2) is 31.0 Å². The molecule has 0 saturated carbocycles.